The van der Waals surface area contributed by atoms with Gasteiger partial charge in [0.05, 0.1) is 0 Å². The normalized spacial score (nSPS) is 15.1. The fraction of sp³-hybridized carbons (Fsp3) is 0.269. The quantitative estimate of drug-likeness (QED) is 0.322. The van der Waals surface area contributed by atoms with Crippen LogP contribution in [0.15, 0.2) is 78.9 Å². The Labute approximate surface area is 164 Å². The Morgan fingerprint density at radius 3 is 2.22 bits per heavy atom. The molecule has 0 saturated heterocycles. The first-order valence-corrected chi connectivity index (χ1v) is 10.1. The zero-order valence-corrected chi connectivity index (χ0v) is 16.2. The van der Waals surface area contributed by atoms with Crippen molar-refractivity contribution in [1.82, 2.24) is 0 Å². The van der Waals surface area contributed by atoms with E-state index in [1.807, 2.05) is 6.92 Å². The summed E-state index contributed by atoms with van der Waals surface area (Å²) in [6, 6.07) is 19.4. The Kier molecular flexibility index (Phi) is 7.49. The average Bonchev–Trinajstić information content (AvgIpc) is 2.74. The van der Waals surface area contributed by atoms with E-state index in [4.69, 9.17) is 0 Å². The summed E-state index contributed by atoms with van der Waals surface area (Å²) in [6.07, 6.45) is 15.0. The molecule has 1 aliphatic rings. The fourth-order valence-corrected chi connectivity index (χ4v) is 3.24. The molecule has 0 amide bonds. The van der Waals surface area contributed by atoms with Crippen LogP contribution in [-0.2, 0) is 0 Å². The first-order valence-electron chi connectivity index (χ1n) is 10.1. The second-order valence-electron chi connectivity index (χ2n) is 7.01. The molecule has 2 aromatic carbocycles. The fourth-order valence-electron chi connectivity index (χ4n) is 3.24. The average molecular weight is 350 g/mol. The Bertz CT molecular complexity index is 842. The monoisotopic (exact) mass is 350 g/mol. The molecule has 0 spiro atoms. The van der Waals surface area contributed by atoms with Crippen molar-refractivity contribution in [3.05, 3.63) is 84.5 Å². The molecule has 0 aliphatic heterocycles. The molecule has 0 unspecified atom stereocenters. The number of hydrogen-bond acceptors (Lipinski definition) is 0. The molecule has 27 heavy (non-hydrogen) atoms. The molecule has 3 rings (SSSR count). The van der Waals surface area contributed by atoms with E-state index >= 15 is 0 Å². The predicted molar refractivity (Wildman–Crippen MR) is 120 cm³/mol. The van der Waals surface area contributed by atoms with Gasteiger partial charge in [0.2, 0.25) is 0 Å². The van der Waals surface area contributed by atoms with Crippen LogP contribution >= 0.6 is 0 Å². The van der Waals surface area contributed by atoms with Gasteiger partial charge in [-0.05, 0) is 0 Å². The van der Waals surface area contributed by atoms with Crippen LogP contribution in [-0.4, -0.2) is 12.4 Å². The number of allylic oxidation sites excluding steroid dienone is 4. The Hall–Kier alpha value is -2.59. The van der Waals surface area contributed by atoms with Crippen molar-refractivity contribution in [2.45, 2.75) is 44.9 Å². The minimum absolute atomic E-state index is 0.342. The summed E-state index contributed by atoms with van der Waals surface area (Å²) in [5.41, 5.74) is 5.03. The van der Waals surface area contributed by atoms with E-state index in [0.29, 0.717) is 5.92 Å². The summed E-state index contributed by atoms with van der Waals surface area (Å²) in [5.74, 6) is 6.80. The van der Waals surface area contributed by atoms with Gasteiger partial charge in [0, 0.05) is 0 Å². The van der Waals surface area contributed by atoms with E-state index in [1.165, 1.54) is 47.8 Å². The van der Waals surface area contributed by atoms with Gasteiger partial charge in [0.25, 0.3) is 0 Å². The van der Waals surface area contributed by atoms with E-state index < -0.39 is 0 Å². The van der Waals surface area contributed by atoms with Gasteiger partial charge in [0.1, 0.15) is 0 Å². The van der Waals surface area contributed by atoms with Gasteiger partial charge >= 0.3 is 165 Å². The van der Waals surface area contributed by atoms with Crippen LogP contribution < -0.4 is 0 Å². The molecule has 2 aromatic rings. The van der Waals surface area contributed by atoms with E-state index in [9.17, 15) is 0 Å². The Morgan fingerprint density at radius 1 is 0.815 bits per heavy atom. The van der Waals surface area contributed by atoms with Crippen molar-refractivity contribution >= 4 is 12.4 Å². The molecule has 134 valence electrons. The van der Waals surface area contributed by atoms with Crippen LogP contribution in [0, 0.1) is 11.7 Å². The molecular formula is C26H27B. The van der Waals surface area contributed by atoms with Gasteiger partial charge in [-0.15, -0.1) is 0 Å². The standard InChI is InChI=1S/C26H27B/c1-2-3-4-5-6-10-21-27-26-19-17-25(18-20-26)24-15-13-23(14-16-24)22-11-8-7-9-12-22/h7-9,11-20,25H,2-6H2,1H3. The summed E-state index contributed by atoms with van der Waals surface area (Å²) in [7, 11) is 0. The number of benzene rings is 2. The van der Waals surface area contributed by atoms with Crippen molar-refractivity contribution in [1.29, 1.82) is 0 Å². The van der Waals surface area contributed by atoms with Crippen molar-refractivity contribution in [3.8, 4) is 22.9 Å². The molecule has 0 aromatic heterocycles. The third-order valence-electron chi connectivity index (χ3n) is 4.89. The minimum atomic E-state index is 0.342. The maximum atomic E-state index is 3.26. The van der Waals surface area contributed by atoms with Crippen LogP contribution in [0.25, 0.3) is 11.1 Å². The van der Waals surface area contributed by atoms with Crippen molar-refractivity contribution in [2.24, 2.45) is 0 Å². The van der Waals surface area contributed by atoms with Gasteiger partial charge in [-0.1, -0.05) is 0 Å². The molecule has 0 atom stereocenters. The number of hydrogen-bond donors (Lipinski definition) is 0. The summed E-state index contributed by atoms with van der Waals surface area (Å²) in [5, 5.41) is 0. The van der Waals surface area contributed by atoms with Gasteiger partial charge in [-0.3, -0.25) is 0 Å². The van der Waals surface area contributed by atoms with Crippen molar-refractivity contribution in [3.63, 3.8) is 0 Å². The summed E-state index contributed by atoms with van der Waals surface area (Å²) in [4.78, 5) is 0. The topological polar surface area (TPSA) is 0 Å². The van der Waals surface area contributed by atoms with Crippen molar-refractivity contribution < 1.29 is 0 Å². The van der Waals surface area contributed by atoms with E-state index in [1.54, 1.807) is 0 Å². The summed E-state index contributed by atoms with van der Waals surface area (Å²) >= 11 is 0. The Morgan fingerprint density at radius 2 is 1.52 bits per heavy atom. The van der Waals surface area contributed by atoms with Crippen LogP contribution in [0.5, 0.6) is 0 Å². The predicted octanol–water partition coefficient (Wildman–Crippen LogP) is 6.37. The first kappa shape index (κ1) is 19.2. The van der Waals surface area contributed by atoms with Gasteiger partial charge in [-0.25, -0.2) is 0 Å². The van der Waals surface area contributed by atoms with Crippen LogP contribution in [0.2, 0.25) is 0 Å². The van der Waals surface area contributed by atoms with Crippen molar-refractivity contribution in [2.75, 3.05) is 0 Å². The maximum absolute atomic E-state index is 3.26. The van der Waals surface area contributed by atoms with E-state index in [0.717, 1.165) is 6.42 Å². The zero-order valence-electron chi connectivity index (χ0n) is 16.2. The molecule has 0 saturated carbocycles. The van der Waals surface area contributed by atoms with Crippen LogP contribution in [0.3, 0.4) is 0 Å². The molecule has 1 aliphatic carbocycles. The second-order valence-corrected chi connectivity index (χ2v) is 7.01. The van der Waals surface area contributed by atoms with Crippen LogP contribution in [0.1, 0.15) is 50.5 Å². The van der Waals surface area contributed by atoms with Gasteiger partial charge < -0.3 is 0 Å². The zero-order chi connectivity index (χ0) is 18.7. The molecule has 0 bridgehead atoms. The van der Waals surface area contributed by atoms with E-state index in [-0.39, 0.29) is 0 Å². The van der Waals surface area contributed by atoms with E-state index in [2.05, 4.69) is 97.6 Å². The third kappa shape index (κ3) is 5.97. The molecule has 0 heterocycles. The molecule has 0 N–H and O–H groups in total. The number of unbranched alkanes of at least 4 members (excludes halogenated alkanes) is 4. The second kappa shape index (κ2) is 10.5. The number of rotatable bonds is 6. The first-order chi connectivity index (χ1) is 13.4. The van der Waals surface area contributed by atoms with Gasteiger partial charge in [-0.2, -0.15) is 0 Å². The SMILES string of the molecule is CCCCCCC#CB=C1C=CC(c2ccc(-c3ccccc3)cc2)C=C1. The molecule has 0 nitrogen and oxygen atoms in total. The Balaban J connectivity index is 1.55. The van der Waals surface area contributed by atoms with Gasteiger partial charge in [0.15, 0.2) is 0 Å². The summed E-state index contributed by atoms with van der Waals surface area (Å²) in [6.45, 7) is 4.27. The molecular weight excluding hydrogens is 323 g/mol. The molecule has 0 radical (unpaired) electrons. The summed E-state index contributed by atoms with van der Waals surface area (Å²) < 4.78 is 0. The molecule has 1 heteroatoms. The molecule has 0 fully saturated rings. The third-order valence-corrected chi connectivity index (χ3v) is 4.89. The van der Waals surface area contributed by atoms with Crippen LogP contribution in [0.4, 0.5) is 0 Å².